The Morgan fingerprint density at radius 2 is 2.11 bits per heavy atom. The SMILES string of the molecule is CC(C)CNCC1(CN2CCC(O)C2)CCOCC1. The molecule has 2 N–H and O–H groups in total. The second kappa shape index (κ2) is 7.02. The van der Waals surface area contributed by atoms with E-state index in [1.54, 1.807) is 0 Å². The van der Waals surface area contributed by atoms with Gasteiger partial charge in [0.1, 0.15) is 0 Å². The monoisotopic (exact) mass is 270 g/mol. The van der Waals surface area contributed by atoms with Crippen LogP contribution in [0.2, 0.25) is 0 Å². The summed E-state index contributed by atoms with van der Waals surface area (Å²) < 4.78 is 5.54. The van der Waals surface area contributed by atoms with E-state index in [0.29, 0.717) is 11.3 Å². The van der Waals surface area contributed by atoms with E-state index in [4.69, 9.17) is 4.74 Å². The Balaban J connectivity index is 1.86. The highest BCUT2D eigenvalue weighted by atomic mass is 16.5. The molecule has 2 heterocycles. The quantitative estimate of drug-likeness (QED) is 0.758. The van der Waals surface area contributed by atoms with Crippen molar-refractivity contribution in [1.82, 2.24) is 10.2 Å². The molecule has 0 aliphatic carbocycles. The fourth-order valence-corrected chi connectivity index (χ4v) is 3.25. The van der Waals surface area contributed by atoms with Gasteiger partial charge in [-0.05, 0) is 37.1 Å². The highest BCUT2D eigenvalue weighted by molar-refractivity contribution is 4.89. The maximum absolute atomic E-state index is 9.68. The second-order valence-corrected chi connectivity index (χ2v) is 6.81. The highest BCUT2D eigenvalue weighted by Crippen LogP contribution is 2.32. The molecule has 19 heavy (non-hydrogen) atoms. The van der Waals surface area contributed by atoms with Crippen molar-refractivity contribution in [3.63, 3.8) is 0 Å². The van der Waals surface area contributed by atoms with Gasteiger partial charge in [0.15, 0.2) is 0 Å². The Morgan fingerprint density at radius 1 is 1.37 bits per heavy atom. The van der Waals surface area contributed by atoms with Crippen LogP contribution in [-0.2, 0) is 4.74 Å². The fourth-order valence-electron chi connectivity index (χ4n) is 3.25. The van der Waals surface area contributed by atoms with Crippen molar-refractivity contribution >= 4 is 0 Å². The van der Waals surface area contributed by atoms with Crippen molar-refractivity contribution in [2.45, 2.75) is 39.2 Å². The molecule has 4 heteroatoms. The third-order valence-corrected chi connectivity index (χ3v) is 4.41. The summed E-state index contributed by atoms with van der Waals surface area (Å²) in [7, 11) is 0. The van der Waals surface area contributed by atoms with Crippen LogP contribution in [0, 0.1) is 11.3 Å². The first-order chi connectivity index (χ1) is 9.10. The summed E-state index contributed by atoms with van der Waals surface area (Å²) in [5.74, 6) is 0.700. The van der Waals surface area contributed by atoms with Crippen LogP contribution < -0.4 is 5.32 Å². The number of β-amino-alcohol motifs (C(OH)–C–C–N with tert-alkyl or cyclic N) is 1. The first kappa shape index (κ1) is 15.2. The lowest BCUT2D eigenvalue weighted by atomic mass is 9.79. The number of rotatable bonds is 6. The maximum atomic E-state index is 9.68. The normalized spacial score (nSPS) is 28.1. The van der Waals surface area contributed by atoms with E-state index in [1.807, 2.05) is 0 Å². The van der Waals surface area contributed by atoms with Gasteiger partial charge in [0.05, 0.1) is 6.10 Å². The minimum Gasteiger partial charge on any atom is -0.392 e. The lowest BCUT2D eigenvalue weighted by Crippen LogP contribution is -2.47. The summed E-state index contributed by atoms with van der Waals surface area (Å²) in [5, 5.41) is 13.3. The lowest BCUT2D eigenvalue weighted by molar-refractivity contribution is -0.00266. The summed E-state index contributed by atoms with van der Waals surface area (Å²) in [5.41, 5.74) is 0.344. The largest absolute Gasteiger partial charge is 0.392 e. The third kappa shape index (κ3) is 4.71. The van der Waals surface area contributed by atoms with Crippen LogP contribution in [0.15, 0.2) is 0 Å². The van der Waals surface area contributed by atoms with Crippen LogP contribution in [0.4, 0.5) is 0 Å². The number of nitrogens with one attached hydrogen (secondary N) is 1. The van der Waals surface area contributed by atoms with Gasteiger partial charge in [-0.2, -0.15) is 0 Å². The smallest absolute Gasteiger partial charge is 0.0679 e. The second-order valence-electron chi connectivity index (χ2n) is 6.81. The van der Waals surface area contributed by atoms with E-state index < -0.39 is 0 Å². The third-order valence-electron chi connectivity index (χ3n) is 4.41. The van der Waals surface area contributed by atoms with Crippen LogP contribution in [0.3, 0.4) is 0 Å². The Labute approximate surface area is 117 Å². The predicted molar refractivity (Wildman–Crippen MR) is 77.3 cm³/mol. The Kier molecular flexibility index (Phi) is 5.63. The molecular weight excluding hydrogens is 240 g/mol. The van der Waals surface area contributed by atoms with E-state index in [1.165, 1.54) is 0 Å². The van der Waals surface area contributed by atoms with Gasteiger partial charge >= 0.3 is 0 Å². The van der Waals surface area contributed by atoms with Crippen LogP contribution in [0.5, 0.6) is 0 Å². The zero-order valence-corrected chi connectivity index (χ0v) is 12.5. The molecule has 0 radical (unpaired) electrons. The lowest BCUT2D eigenvalue weighted by Gasteiger charge is -2.40. The van der Waals surface area contributed by atoms with Gasteiger partial charge in [-0.25, -0.2) is 0 Å². The van der Waals surface area contributed by atoms with Crippen LogP contribution >= 0.6 is 0 Å². The van der Waals surface area contributed by atoms with Gasteiger partial charge in [-0.1, -0.05) is 13.8 Å². The van der Waals surface area contributed by atoms with Crippen LogP contribution in [-0.4, -0.2) is 62.0 Å². The van der Waals surface area contributed by atoms with Crippen molar-refractivity contribution in [2.24, 2.45) is 11.3 Å². The number of aliphatic hydroxyl groups excluding tert-OH is 1. The Hall–Kier alpha value is -0.160. The van der Waals surface area contributed by atoms with E-state index in [0.717, 1.165) is 65.2 Å². The van der Waals surface area contributed by atoms with Gasteiger partial charge in [-0.15, -0.1) is 0 Å². The Bertz CT molecular complexity index is 265. The standard InChI is InChI=1S/C15H30N2O2/c1-13(2)9-16-11-15(4-7-19-8-5-15)12-17-6-3-14(18)10-17/h13-14,16,18H,3-12H2,1-2H3. The van der Waals surface area contributed by atoms with Gasteiger partial charge in [-0.3, -0.25) is 0 Å². The molecule has 0 aromatic carbocycles. The molecule has 2 aliphatic rings. The minimum atomic E-state index is -0.111. The zero-order valence-electron chi connectivity index (χ0n) is 12.5. The molecule has 112 valence electrons. The number of nitrogens with zero attached hydrogens (tertiary/aromatic N) is 1. The number of hydrogen-bond donors (Lipinski definition) is 2. The molecule has 0 aromatic heterocycles. The van der Waals surface area contributed by atoms with Crippen molar-refractivity contribution in [1.29, 1.82) is 0 Å². The minimum absolute atomic E-state index is 0.111. The van der Waals surface area contributed by atoms with E-state index in [9.17, 15) is 5.11 Å². The molecule has 4 nitrogen and oxygen atoms in total. The topological polar surface area (TPSA) is 44.7 Å². The summed E-state index contributed by atoms with van der Waals surface area (Å²) >= 11 is 0. The Morgan fingerprint density at radius 3 is 2.68 bits per heavy atom. The number of hydrogen-bond acceptors (Lipinski definition) is 4. The average Bonchev–Trinajstić information content (AvgIpc) is 2.75. The zero-order chi connectivity index (χ0) is 13.7. The maximum Gasteiger partial charge on any atom is 0.0679 e. The molecule has 1 atom stereocenters. The molecule has 2 saturated heterocycles. The summed E-state index contributed by atoms with van der Waals surface area (Å²) in [6, 6.07) is 0. The molecule has 2 aliphatic heterocycles. The van der Waals surface area contributed by atoms with Gasteiger partial charge < -0.3 is 20.1 Å². The van der Waals surface area contributed by atoms with E-state index in [2.05, 4.69) is 24.1 Å². The van der Waals surface area contributed by atoms with Gasteiger partial charge in [0.25, 0.3) is 0 Å². The van der Waals surface area contributed by atoms with Crippen molar-refractivity contribution in [3.05, 3.63) is 0 Å². The van der Waals surface area contributed by atoms with Gasteiger partial charge in [0, 0.05) is 39.4 Å². The fraction of sp³-hybridized carbons (Fsp3) is 1.00. The molecule has 2 rings (SSSR count). The van der Waals surface area contributed by atoms with Crippen LogP contribution in [0.25, 0.3) is 0 Å². The summed E-state index contributed by atoms with van der Waals surface area (Å²) in [6.45, 7) is 11.5. The van der Waals surface area contributed by atoms with Gasteiger partial charge in [0.2, 0.25) is 0 Å². The predicted octanol–water partition coefficient (Wildman–Crippen LogP) is 1.10. The summed E-state index contributed by atoms with van der Waals surface area (Å²) in [4.78, 5) is 2.44. The highest BCUT2D eigenvalue weighted by Gasteiger charge is 2.36. The molecule has 0 saturated carbocycles. The van der Waals surface area contributed by atoms with Crippen LogP contribution in [0.1, 0.15) is 33.1 Å². The molecule has 0 spiro atoms. The van der Waals surface area contributed by atoms with Crippen molar-refractivity contribution in [2.75, 3.05) is 45.9 Å². The average molecular weight is 270 g/mol. The summed E-state index contributed by atoms with van der Waals surface area (Å²) in [6.07, 6.45) is 3.11. The molecule has 0 aromatic rings. The number of aliphatic hydroxyl groups is 1. The van der Waals surface area contributed by atoms with Crippen molar-refractivity contribution < 1.29 is 9.84 Å². The molecule has 0 amide bonds. The van der Waals surface area contributed by atoms with E-state index >= 15 is 0 Å². The van der Waals surface area contributed by atoms with E-state index in [-0.39, 0.29) is 6.10 Å². The number of likely N-dealkylation sites (tertiary alicyclic amines) is 1. The first-order valence-electron chi connectivity index (χ1n) is 7.78. The molecule has 1 unspecified atom stereocenters. The van der Waals surface area contributed by atoms with Crippen molar-refractivity contribution in [3.8, 4) is 0 Å². The molecular formula is C15H30N2O2. The number of ether oxygens (including phenoxy) is 1. The molecule has 2 fully saturated rings. The first-order valence-corrected chi connectivity index (χ1v) is 7.78. The molecule has 0 bridgehead atoms.